The molecule has 27 heavy (non-hydrogen) atoms. The molecule has 146 valence electrons. The first kappa shape index (κ1) is 18.2. The Morgan fingerprint density at radius 1 is 1.26 bits per heavy atom. The molecule has 1 saturated carbocycles. The van der Waals surface area contributed by atoms with Crippen LogP contribution in [0.4, 0.5) is 0 Å². The molecule has 0 bridgehead atoms. The summed E-state index contributed by atoms with van der Waals surface area (Å²) in [6, 6.07) is -0.102. The maximum Gasteiger partial charge on any atom is 0.255 e. The van der Waals surface area contributed by atoms with E-state index in [0.717, 1.165) is 19.3 Å². The predicted molar refractivity (Wildman–Crippen MR) is 96.6 cm³/mol. The lowest BCUT2D eigenvalue weighted by molar-refractivity contribution is -0.134. The molecule has 0 radical (unpaired) electrons. The number of hydrogen-bond donors (Lipinski definition) is 1. The van der Waals surface area contributed by atoms with Crippen molar-refractivity contribution in [2.24, 2.45) is 11.8 Å². The highest BCUT2D eigenvalue weighted by atomic mass is 16.5. The molecule has 2 aliphatic carbocycles. The molecule has 1 aromatic heterocycles. The molecule has 7 nitrogen and oxygen atoms in total. The number of Topliss-reactive ketones (excluding diaryl/α,β-unsaturated/α-hetero) is 1. The van der Waals surface area contributed by atoms with E-state index in [-0.39, 0.29) is 36.2 Å². The number of rotatable bonds is 5. The van der Waals surface area contributed by atoms with Crippen LogP contribution < -0.4 is 5.32 Å². The summed E-state index contributed by atoms with van der Waals surface area (Å²) in [6.07, 6.45) is 4.20. The van der Waals surface area contributed by atoms with Gasteiger partial charge < -0.3 is 19.4 Å². The van der Waals surface area contributed by atoms with Crippen molar-refractivity contribution in [3.05, 3.63) is 22.6 Å². The van der Waals surface area contributed by atoms with Crippen LogP contribution in [0.5, 0.6) is 0 Å². The first-order valence-electron chi connectivity index (χ1n) is 9.72. The van der Waals surface area contributed by atoms with Crippen molar-refractivity contribution < 1.29 is 23.5 Å². The number of ketones is 1. The summed E-state index contributed by atoms with van der Waals surface area (Å²) >= 11 is 0. The van der Waals surface area contributed by atoms with Crippen LogP contribution in [0.25, 0.3) is 0 Å². The minimum Gasteiger partial charge on any atom is -0.465 e. The standard InChI is InChI=1S/C20H26N2O5/c1-11-18(19-15(23)4-3-5-16(19)27-11)20(25)21-14-9-22(17(24)10-26-2)8-13(14)12-6-7-12/h12-14H,3-10H2,1-2H3,(H,21,25). The Morgan fingerprint density at radius 2 is 2.04 bits per heavy atom. The summed E-state index contributed by atoms with van der Waals surface area (Å²) in [7, 11) is 1.51. The number of carbonyl (C=O) groups excluding carboxylic acids is 3. The lowest BCUT2D eigenvalue weighted by atomic mass is 9.92. The molecule has 2 amide bonds. The van der Waals surface area contributed by atoms with Crippen molar-refractivity contribution in [3.8, 4) is 0 Å². The van der Waals surface area contributed by atoms with E-state index < -0.39 is 0 Å². The minimum absolute atomic E-state index is 0.0136. The number of likely N-dealkylation sites (tertiary alicyclic amines) is 1. The van der Waals surface area contributed by atoms with E-state index in [1.165, 1.54) is 7.11 Å². The molecule has 2 unspecified atom stereocenters. The highest BCUT2D eigenvalue weighted by molar-refractivity contribution is 6.10. The van der Waals surface area contributed by atoms with Crippen LogP contribution in [0.2, 0.25) is 0 Å². The summed E-state index contributed by atoms with van der Waals surface area (Å²) in [5.41, 5.74) is 0.843. The van der Waals surface area contributed by atoms with E-state index in [2.05, 4.69) is 5.32 Å². The molecular weight excluding hydrogens is 348 g/mol. The summed E-state index contributed by atoms with van der Waals surface area (Å²) in [5.74, 6) is 1.62. The Hall–Kier alpha value is -2.15. The molecule has 2 heterocycles. The Balaban J connectivity index is 1.53. The third-order valence-electron chi connectivity index (χ3n) is 6.00. The normalized spacial score (nSPS) is 24.8. The zero-order chi connectivity index (χ0) is 19.1. The average Bonchev–Trinajstić information content (AvgIpc) is 3.28. The van der Waals surface area contributed by atoms with Gasteiger partial charge in [0.15, 0.2) is 5.78 Å². The van der Waals surface area contributed by atoms with Crippen molar-refractivity contribution in [2.75, 3.05) is 26.8 Å². The van der Waals surface area contributed by atoms with Crippen molar-refractivity contribution in [3.63, 3.8) is 0 Å². The number of nitrogens with zero attached hydrogens (tertiary/aromatic N) is 1. The number of nitrogens with one attached hydrogen (secondary N) is 1. The largest absolute Gasteiger partial charge is 0.465 e. The van der Waals surface area contributed by atoms with E-state index in [1.54, 1.807) is 11.8 Å². The fourth-order valence-electron chi connectivity index (χ4n) is 4.52. The number of methoxy groups -OCH3 is 1. The minimum atomic E-state index is -0.260. The zero-order valence-electron chi connectivity index (χ0n) is 15.9. The molecular formula is C20H26N2O5. The number of fused-ring (bicyclic) bond motifs is 1. The number of hydrogen-bond acceptors (Lipinski definition) is 5. The van der Waals surface area contributed by atoms with Gasteiger partial charge in [0.05, 0.1) is 17.2 Å². The van der Waals surface area contributed by atoms with E-state index in [9.17, 15) is 14.4 Å². The van der Waals surface area contributed by atoms with Gasteiger partial charge in [0, 0.05) is 39.0 Å². The number of furan rings is 1. The molecule has 7 heteroatoms. The topological polar surface area (TPSA) is 88.8 Å². The van der Waals surface area contributed by atoms with Crippen LogP contribution in [-0.2, 0) is 16.0 Å². The maximum atomic E-state index is 13.0. The Bertz CT molecular complexity index is 780. The molecule has 2 atom stereocenters. The molecule has 0 spiro atoms. The number of aryl methyl sites for hydroxylation is 2. The van der Waals surface area contributed by atoms with E-state index in [0.29, 0.717) is 54.5 Å². The molecule has 1 aliphatic heterocycles. The van der Waals surface area contributed by atoms with Gasteiger partial charge in [0.1, 0.15) is 18.1 Å². The van der Waals surface area contributed by atoms with Gasteiger partial charge in [-0.1, -0.05) is 0 Å². The predicted octanol–water partition coefficient (Wildman–Crippen LogP) is 1.72. The van der Waals surface area contributed by atoms with Crippen LogP contribution in [0.3, 0.4) is 0 Å². The van der Waals surface area contributed by atoms with Gasteiger partial charge in [-0.15, -0.1) is 0 Å². The van der Waals surface area contributed by atoms with Crippen LogP contribution in [0, 0.1) is 18.8 Å². The maximum absolute atomic E-state index is 13.0. The molecule has 3 aliphatic rings. The van der Waals surface area contributed by atoms with E-state index in [4.69, 9.17) is 9.15 Å². The van der Waals surface area contributed by atoms with Crippen molar-refractivity contribution in [1.82, 2.24) is 10.2 Å². The smallest absolute Gasteiger partial charge is 0.255 e. The van der Waals surface area contributed by atoms with Gasteiger partial charge in [-0.05, 0) is 32.1 Å². The highest BCUT2D eigenvalue weighted by Crippen LogP contribution is 2.41. The quantitative estimate of drug-likeness (QED) is 0.848. The third kappa shape index (κ3) is 3.40. The van der Waals surface area contributed by atoms with Gasteiger partial charge in [0.2, 0.25) is 5.91 Å². The Morgan fingerprint density at radius 3 is 2.74 bits per heavy atom. The summed E-state index contributed by atoms with van der Waals surface area (Å²) in [4.78, 5) is 39.4. The molecule has 4 rings (SSSR count). The molecule has 2 fully saturated rings. The molecule has 1 saturated heterocycles. The van der Waals surface area contributed by atoms with Gasteiger partial charge in [-0.25, -0.2) is 0 Å². The van der Waals surface area contributed by atoms with E-state index in [1.807, 2.05) is 0 Å². The fourth-order valence-corrected chi connectivity index (χ4v) is 4.52. The summed E-state index contributed by atoms with van der Waals surface area (Å²) in [5, 5.41) is 3.11. The van der Waals surface area contributed by atoms with Crippen molar-refractivity contribution in [2.45, 2.75) is 45.1 Å². The van der Waals surface area contributed by atoms with Crippen LogP contribution in [-0.4, -0.2) is 55.3 Å². The van der Waals surface area contributed by atoms with Gasteiger partial charge in [-0.2, -0.15) is 0 Å². The Labute approximate surface area is 158 Å². The second-order valence-electron chi connectivity index (χ2n) is 7.92. The van der Waals surface area contributed by atoms with Gasteiger partial charge in [-0.3, -0.25) is 14.4 Å². The first-order valence-corrected chi connectivity index (χ1v) is 9.72. The Kier molecular flexibility index (Phi) is 4.80. The molecule has 0 aromatic carbocycles. The number of carbonyl (C=O) groups is 3. The van der Waals surface area contributed by atoms with Crippen LogP contribution in [0.15, 0.2) is 4.42 Å². The first-order chi connectivity index (χ1) is 13.0. The third-order valence-corrected chi connectivity index (χ3v) is 6.00. The van der Waals surface area contributed by atoms with Gasteiger partial charge >= 0.3 is 0 Å². The molecule has 1 N–H and O–H groups in total. The molecule has 1 aromatic rings. The number of ether oxygens (including phenoxy) is 1. The van der Waals surface area contributed by atoms with Crippen LogP contribution >= 0.6 is 0 Å². The lowest BCUT2D eigenvalue weighted by Crippen LogP contribution is -2.42. The lowest BCUT2D eigenvalue weighted by Gasteiger charge is -2.19. The summed E-state index contributed by atoms with van der Waals surface area (Å²) in [6.45, 7) is 2.93. The monoisotopic (exact) mass is 374 g/mol. The second kappa shape index (κ2) is 7.11. The van der Waals surface area contributed by atoms with Gasteiger partial charge in [0.25, 0.3) is 5.91 Å². The fraction of sp³-hybridized carbons (Fsp3) is 0.650. The van der Waals surface area contributed by atoms with E-state index >= 15 is 0 Å². The number of amides is 2. The SMILES string of the molecule is COCC(=O)N1CC(NC(=O)c2c(C)oc3c2C(=O)CCC3)C(C2CC2)C1. The van der Waals surface area contributed by atoms with Crippen molar-refractivity contribution in [1.29, 1.82) is 0 Å². The zero-order valence-corrected chi connectivity index (χ0v) is 15.9. The highest BCUT2D eigenvalue weighted by Gasteiger charge is 2.45. The average molecular weight is 374 g/mol. The van der Waals surface area contributed by atoms with Crippen molar-refractivity contribution >= 4 is 17.6 Å². The second-order valence-corrected chi connectivity index (χ2v) is 7.92. The van der Waals surface area contributed by atoms with Crippen LogP contribution in [0.1, 0.15) is 57.9 Å². The summed E-state index contributed by atoms with van der Waals surface area (Å²) < 4.78 is 10.7.